The van der Waals surface area contributed by atoms with Crippen LogP contribution in [0.3, 0.4) is 0 Å². The highest BCUT2D eigenvalue weighted by Crippen LogP contribution is 2.12. The van der Waals surface area contributed by atoms with Gasteiger partial charge in [0, 0.05) is 18.6 Å². The van der Waals surface area contributed by atoms with E-state index in [0.717, 1.165) is 12.1 Å². The van der Waals surface area contributed by atoms with Crippen LogP contribution < -0.4 is 11.5 Å². The lowest BCUT2D eigenvalue weighted by Gasteiger charge is -2.30. The Labute approximate surface area is 121 Å². The molecule has 0 aliphatic carbocycles. The van der Waals surface area contributed by atoms with E-state index >= 15 is 0 Å². The fourth-order valence-corrected chi connectivity index (χ4v) is 2.04. The standard InChI is InChI=1S/C15H25N5/c1-11(2)20(12(3)4)10-14-7-5-13(6-8-14)9-18-19-15(16)17/h5-9,11-12H,10H2,1-4H3,(H4,16,17,19). The fourth-order valence-electron chi connectivity index (χ4n) is 2.04. The van der Waals surface area contributed by atoms with Crippen molar-refractivity contribution in [2.24, 2.45) is 21.7 Å². The molecule has 5 nitrogen and oxygen atoms in total. The molecule has 1 aromatic rings. The minimum Gasteiger partial charge on any atom is -0.369 e. The van der Waals surface area contributed by atoms with Crippen LogP contribution in [-0.4, -0.2) is 29.2 Å². The van der Waals surface area contributed by atoms with Crippen LogP contribution in [0.25, 0.3) is 0 Å². The van der Waals surface area contributed by atoms with Gasteiger partial charge < -0.3 is 11.5 Å². The van der Waals surface area contributed by atoms with E-state index in [1.807, 2.05) is 12.1 Å². The lowest BCUT2D eigenvalue weighted by molar-refractivity contribution is 0.166. The van der Waals surface area contributed by atoms with Gasteiger partial charge in [-0.1, -0.05) is 24.3 Å². The number of benzene rings is 1. The Morgan fingerprint density at radius 1 is 1.10 bits per heavy atom. The average Bonchev–Trinajstić information content (AvgIpc) is 2.36. The van der Waals surface area contributed by atoms with Gasteiger partial charge in [0.15, 0.2) is 0 Å². The molecule has 0 spiro atoms. The molecular weight excluding hydrogens is 250 g/mol. The highest BCUT2D eigenvalue weighted by atomic mass is 15.3. The molecule has 5 heteroatoms. The Kier molecular flexibility index (Phi) is 6.18. The van der Waals surface area contributed by atoms with Crippen molar-refractivity contribution in [3.8, 4) is 0 Å². The van der Waals surface area contributed by atoms with Crippen LogP contribution in [0, 0.1) is 0 Å². The molecule has 0 aromatic heterocycles. The van der Waals surface area contributed by atoms with Gasteiger partial charge in [-0.25, -0.2) is 0 Å². The van der Waals surface area contributed by atoms with Gasteiger partial charge in [0.2, 0.25) is 5.96 Å². The van der Waals surface area contributed by atoms with Crippen LogP contribution in [-0.2, 0) is 6.54 Å². The maximum atomic E-state index is 5.20. The summed E-state index contributed by atoms with van der Waals surface area (Å²) in [5.74, 6) is -0.0395. The smallest absolute Gasteiger partial charge is 0.211 e. The van der Waals surface area contributed by atoms with E-state index < -0.39 is 0 Å². The molecule has 110 valence electrons. The number of nitrogens with two attached hydrogens (primary N) is 2. The Morgan fingerprint density at radius 2 is 1.65 bits per heavy atom. The third kappa shape index (κ3) is 5.40. The van der Waals surface area contributed by atoms with Crippen molar-refractivity contribution < 1.29 is 0 Å². The van der Waals surface area contributed by atoms with Crippen LogP contribution in [0.5, 0.6) is 0 Å². The molecule has 0 atom stereocenters. The molecule has 0 saturated carbocycles. The van der Waals surface area contributed by atoms with Crippen LogP contribution in [0.4, 0.5) is 0 Å². The minimum absolute atomic E-state index is 0.0395. The Morgan fingerprint density at radius 3 is 2.10 bits per heavy atom. The second-order valence-electron chi connectivity index (χ2n) is 5.37. The second kappa shape index (κ2) is 7.65. The molecule has 0 amide bonds. The van der Waals surface area contributed by atoms with Crippen molar-refractivity contribution in [3.63, 3.8) is 0 Å². The lowest BCUT2D eigenvalue weighted by Crippen LogP contribution is -2.36. The zero-order valence-electron chi connectivity index (χ0n) is 12.7. The summed E-state index contributed by atoms with van der Waals surface area (Å²) in [5.41, 5.74) is 12.7. The van der Waals surface area contributed by atoms with Crippen molar-refractivity contribution in [2.75, 3.05) is 0 Å². The number of hydrogen-bond acceptors (Lipinski definition) is 3. The van der Waals surface area contributed by atoms with E-state index in [9.17, 15) is 0 Å². The van der Waals surface area contributed by atoms with Crippen LogP contribution in [0.15, 0.2) is 34.5 Å². The molecule has 0 heterocycles. The molecule has 1 rings (SSSR count). The van der Waals surface area contributed by atoms with Gasteiger partial charge in [-0.3, -0.25) is 4.90 Å². The normalized spacial score (nSPS) is 11.8. The van der Waals surface area contributed by atoms with Crippen LogP contribution in [0.2, 0.25) is 0 Å². The monoisotopic (exact) mass is 275 g/mol. The highest BCUT2D eigenvalue weighted by Gasteiger charge is 2.13. The van der Waals surface area contributed by atoms with E-state index in [1.165, 1.54) is 5.56 Å². The van der Waals surface area contributed by atoms with E-state index in [0.29, 0.717) is 12.1 Å². The average molecular weight is 275 g/mol. The summed E-state index contributed by atoms with van der Waals surface area (Å²) in [5, 5.41) is 7.36. The predicted molar refractivity (Wildman–Crippen MR) is 85.7 cm³/mol. The molecule has 0 unspecified atom stereocenters. The fraction of sp³-hybridized carbons (Fsp3) is 0.467. The maximum Gasteiger partial charge on any atom is 0.211 e. The molecule has 1 aromatic carbocycles. The van der Waals surface area contributed by atoms with Crippen molar-refractivity contribution in [3.05, 3.63) is 35.4 Å². The Balaban J connectivity index is 2.71. The second-order valence-corrected chi connectivity index (χ2v) is 5.37. The lowest BCUT2D eigenvalue weighted by atomic mass is 10.1. The van der Waals surface area contributed by atoms with Crippen molar-refractivity contribution in [2.45, 2.75) is 46.3 Å². The van der Waals surface area contributed by atoms with E-state index in [1.54, 1.807) is 6.21 Å². The van der Waals surface area contributed by atoms with Crippen molar-refractivity contribution in [1.29, 1.82) is 0 Å². The van der Waals surface area contributed by atoms with Gasteiger partial charge >= 0.3 is 0 Å². The number of guanidine groups is 1. The first-order chi connectivity index (χ1) is 9.40. The SMILES string of the molecule is CC(C)N(Cc1ccc(C=NN=C(N)N)cc1)C(C)C. The summed E-state index contributed by atoms with van der Waals surface area (Å²) in [6.45, 7) is 9.82. The molecule has 0 aliphatic rings. The first-order valence-electron chi connectivity index (χ1n) is 6.86. The van der Waals surface area contributed by atoms with Crippen molar-refractivity contribution in [1.82, 2.24) is 4.90 Å². The van der Waals surface area contributed by atoms with Crippen LogP contribution in [0.1, 0.15) is 38.8 Å². The van der Waals surface area contributed by atoms with Gasteiger partial charge in [0.25, 0.3) is 0 Å². The van der Waals surface area contributed by atoms with Gasteiger partial charge in [-0.15, -0.1) is 5.10 Å². The minimum atomic E-state index is -0.0395. The van der Waals surface area contributed by atoms with Crippen molar-refractivity contribution >= 4 is 12.2 Å². The molecule has 0 radical (unpaired) electrons. The van der Waals surface area contributed by atoms with Gasteiger partial charge in [0.1, 0.15) is 0 Å². The van der Waals surface area contributed by atoms with Gasteiger partial charge in [-0.2, -0.15) is 5.10 Å². The molecule has 0 fully saturated rings. The summed E-state index contributed by atoms with van der Waals surface area (Å²) < 4.78 is 0. The first kappa shape index (κ1) is 16.2. The maximum absolute atomic E-state index is 5.20. The van der Waals surface area contributed by atoms with Gasteiger partial charge in [-0.05, 0) is 38.8 Å². The first-order valence-corrected chi connectivity index (χ1v) is 6.86. The molecule has 4 N–H and O–H groups in total. The predicted octanol–water partition coefficient (Wildman–Crippen LogP) is 1.91. The molecular formula is C15H25N5. The zero-order valence-corrected chi connectivity index (χ0v) is 12.7. The van der Waals surface area contributed by atoms with Crippen LogP contribution >= 0.6 is 0 Å². The molecule has 0 aliphatic heterocycles. The zero-order chi connectivity index (χ0) is 15.1. The number of nitrogens with zero attached hydrogens (tertiary/aromatic N) is 3. The summed E-state index contributed by atoms with van der Waals surface area (Å²) in [7, 11) is 0. The Bertz CT molecular complexity index is 448. The largest absolute Gasteiger partial charge is 0.369 e. The summed E-state index contributed by atoms with van der Waals surface area (Å²) in [6, 6.07) is 9.29. The third-order valence-corrected chi connectivity index (χ3v) is 3.05. The summed E-state index contributed by atoms with van der Waals surface area (Å²) in [4.78, 5) is 2.45. The summed E-state index contributed by atoms with van der Waals surface area (Å²) >= 11 is 0. The molecule has 0 saturated heterocycles. The summed E-state index contributed by atoms with van der Waals surface area (Å²) in [6.07, 6.45) is 1.63. The van der Waals surface area contributed by atoms with E-state index in [4.69, 9.17) is 11.5 Å². The highest BCUT2D eigenvalue weighted by molar-refractivity contribution is 5.81. The topological polar surface area (TPSA) is 80.0 Å². The molecule has 0 bridgehead atoms. The number of rotatable bonds is 6. The third-order valence-electron chi connectivity index (χ3n) is 3.05. The quantitative estimate of drug-likeness (QED) is 0.473. The van der Waals surface area contributed by atoms with E-state index in [2.05, 4.69) is 54.9 Å². The molecule has 20 heavy (non-hydrogen) atoms. The number of hydrogen-bond donors (Lipinski definition) is 2. The van der Waals surface area contributed by atoms with E-state index in [-0.39, 0.29) is 5.96 Å². The van der Waals surface area contributed by atoms with Gasteiger partial charge in [0.05, 0.1) is 6.21 Å². The Hall–Kier alpha value is -1.88.